The largest absolute Gasteiger partial charge is 0.496 e. The summed E-state index contributed by atoms with van der Waals surface area (Å²) in [7, 11) is 5.36. The zero-order chi connectivity index (χ0) is 16.7. The molecular formula is C16H24N6O. The molecule has 0 aliphatic heterocycles. The lowest BCUT2D eigenvalue weighted by molar-refractivity contribution is 0.409. The molecule has 0 atom stereocenters. The fraction of sp³-hybridized carbons (Fsp3) is 0.438. The molecule has 1 heterocycles. The number of hydrogen-bond donors (Lipinski definition) is 2. The van der Waals surface area contributed by atoms with E-state index in [9.17, 15) is 0 Å². The highest BCUT2D eigenvalue weighted by Gasteiger charge is 2.05. The molecule has 0 spiro atoms. The van der Waals surface area contributed by atoms with Crippen molar-refractivity contribution in [2.75, 3.05) is 20.7 Å². The summed E-state index contributed by atoms with van der Waals surface area (Å²) in [4.78, 5) is 4.21. The molecule has 0 radical (unpaired) electrons. The molecule has 0 aliphatic rings. The highest BCUT2D eigenvalue weighted by atomic mass is 16.5. The van der Waals surface area contributed by atoms with Gasteiger partial charge in [0.2, 0.25) is 0 Å². The zero-order valence-electron chi connectivity index (χ0n) is 14.1. The molecule has 0 saturated carbocycles. The van der Waals surface area contributed by atoms with Crippen LogP contribution in [-0.4, -0.2) is 41.4 Å². The van der Waals surface area contributed by atoms with Gasteiger partial charge in [0, 0.05) is 20.6 Å². The minimum absolute atomic E-state index is 0.573. The zero-order valence-corrected chi connectivity index (χ0v) is 14.1. The first-order chi connectivity index (χ1) is 11.1. The van der Waals surface area contributed by atoms with E-state index in [1.165, 1.54) is 11.1 Å². The first kappa shape index (κ1) is 16.8. The van der Waals surface area contributed by atoms with Gasteiger partial charge in [0.15, 0.2) is 11.8 Å². The molecule has 2 aromatic rings. The van der Waals surface area contributed by atoms with E-state index < -0.39 is 0 Å². The summed E-state index contributed by atoms with van der Waals surface area (Å²) in [6.07, 6.45) is 2.53. The van der Waals surface area contributed by atoms with Crippen LogP contribution in [0.15, 0.2) is 29.5 Å². The molecule has 0 fully saturated rings. The van der Waals surface area contributed by atoms with Crippen molar-refractivity contribution in [2.24, 2.45) is 12.0 Å². The fourth-order valence-electron chi connectivity index (χ4n) is 2.27. The Morgan fingerprint density at radius 2 is 2.17 bits per heavy atom. The van der Waals surface area contributed by atoms with Crippen LogP contribution in [0, 0.1) is 6.92 Å². The summed E-state index contributed by atoms with van der Waals surface area (Å²) >= 11 is 0. The highest BCUT2D eigenvalue weighted by molar-refractivity contribution is 5.79. The van der Waals surface area contributed by atoms with E-state index in [1.807, 2.05) is 17.7 Å². The van der Waals surface area contributed by atoms with Crippen LogP contribution < -0.4 is 15.4 Å². The quantitative estimate of drug-likeness (QED) is 0.615. The lowest BCUT2D eigenvalue weighted by Gasteiger charge is -2.13. The minimum atomic E-state index is 0.573. The van der Waals surface area contributed by atoms with Crippen LogP contribution in [0.5, 0.6) is 5.75 Å². The number of rotatable bonds is 6. The van der Waals surface area contributed by atoms with Crippen LogP contribution in [0.25, 0.3) is 0 Å². The molecule has 2 rings (SSSR count). The van der Waals surface area contributed by atoms with Crippen molar-refractivity contribution >= 4 is 5.96 Å². The molecule has 0 bridgehead atoms. The third kappa shape index (κ3) is 4.70. The van der Waals surface area contributed by atoms with Crippen molar-refractivity contribution in [1.82, 2.24) is 25.4 Å². The topological polar surface area (TPSA) is 76.4 Å². The normalized spacial score (nSPS) is 11.4. The second kappa shape index (κ2) is 8.17. The van der Waals surface area contributed by atoms with Crippen molar-refractivity contribution in [2.45, 2.75) is 19.9 Å². The Kier molecular flexibility index (Phi) is 5.96. The second-order valence-electron chi connectivity index (χ2n) is 5.28. The van der Waals surface area contributed by atoms with Gasteiger partial charge in [-0.1, -0.05) is 17.7 Å². The standard InChI is InChI=1S/C16H24N6O/c1-12-5-6-14(23-4)13(9-12)7-8-18-16(17-2)19-10-15-21-20-11-22(15)3/h5-6,9,11H,7-8,10H2,1-4H3,(H2,17,18,19). The first-order valence-electron chi connectivity index (χ1n) is 7.55. The van der Waals surface area contributed by atoms with Gasteiger partial charge in [-0.05, 0) is 25.0 Å². The molecule has 7 heteroatoms. The van der Waals surface area contributed by atoms with Gasteiger partial charge >= 0.3 is 0 Å². The lowest BCUT2D eigenvalue weighted by atomic mass is 10.1. The van der Waals surface area contributed by atoms with E-state index in [2.05, 4.69) is 44.9 Å². The number of ether oxygens (including phenoxy) is 1. The molecule has 0 saturated heterocycles. The maximum atomic E-state index is 5.40. The lowest BCUT2D eigenvalue weighted by Crippen LogP contribution is -2.38. The summed E-state index contributed by atoms with van der Waals surface area (Å²) < 4.78 is 7.28. The Bertz CT molecular complexity index is 664. The van der Waals surface area contributed by atoms with E-state index in [4.69, 9.17) is 4.74 Å². The van der Waals surface area contributed by atoms with E-state index in [1.54, 1.807) is 20.5 Å². The van der Waals surface area contributed by atoms with Crippen LogP contribution in [0.3, 0.4) is 0 Å². The van der Waals surface area contributed by atoms with Crippen LogP contribution >= 0.6 is 0 Å². The molecule has 23 heavy (non-hydrogen) atoms. The fourth-order valence-corrected chi connectivity index (χ4v) is 2.27. The van der Waals surface area contributed by atoms with Crippen molar-refractivity contribution in [3.05, 3.63) is 41.5 Å². The summed E-state index contributed by atoms with van der Waals surface area (Å²) in [6, 6.07) is 6.21. The van der Waals surface area contributed by atoms with Crippen LogP contribution in [0.2, 0.25) is 0 Å². The maximum absolute atomic E-state index is 5.40. The molecule has 0 amide bonds. The molecule has 1 aromatic carbocycles. The average molecular weight is 316 g/mol. The van der Waals surface area contributed by atoms with Gasteiger partial charge in [-0.15, -0.1) is 10.2 Å². The second-order valence-corrected chi connectivity index (χ2v) is 5.28. The maximum Gasteiger partial charge on any atom is 0.191 e. The van der Waals surface area contributed by atoms with Crippen molar-refractivity contribution in [3.63, 3.8) is 0 Å². The van der Waals surface area contributed by atoms with Crippen molar-refractivity contribution in [3.8, 4) is 5.75 Å². The number of nitrogens with zero attached hydrogens (tertiary/aromatic N) is 4. The first-order valence-corrected chi connectivity index (χ1v) is 7.55. The molecule has 7 nitrogen and oxygen atoms in total. The van der Waals surface area contributed by atoms with Crippen molar-refractivity contribution in [1.29, 1.82) is 0 Å². The number of aryl methyl sites for hydroxylation is 2. The number of aliphatic imine (C=N–C) groups is 1. The summed E-state index contributed by atoms with van der Waals surface area (Å²) in [5.41, 5.74) is 2.41. The van der Waals surface area contributed by atoms with Gasteiger partial charge in [-0.25, -0.2) is 0 Å². The van der Waals surface area contributed by atoms with Gasteiger partial charge in [0.25, 0.3) is 0 Å². The smallest absolute Gasteiger partial charge is 0.191 e. The molecule has 124 valence electrons. The third-order valence-electron chi connectivity index (χ3n) is 3.57. The summed E-state index contributed by atoms with van der Waals surface area (Å²) in [6.45, 7) is 3.42. The highest BCUT2D eigenvalue weighted by Crippen LogP contribution is 2.19. The van der Waals surface area contributed by atoms with E-state index >= 15 is 0 Å². The summed E-state index contributed by atoms with van der Waals surface area (Å²) in [5, 5.41) is 14.4. The van der Waals surface area contributed by atoms with Crippen LogP contribution in [0.1, 0.15) is 17.0 Å². The molecule has 0 unspecified atom stereocenters. The Morgan fingerprint density at radius 1 is 1.35 bits per heavy atom. The Balaban J connectivity index is 1.84. The predicted octanol–water partition coefficient (Wildman–Crippen LogP) is 1.04. The number of methoxy groups -OCH3 is 1. The Labute approximate surface area is 136 Å². The van der Waals surface area contributed by atoms with Gasteiger partial charge in [-0.2, -0.15) is 0 Å². The summed E-state index contributed by atoms with van der Waals surface area (Å²) in [5.74, 6) is 2.51. The van der Waals surface area contributed by atoms with Crippen molar-refractivity contribution < 1.29 is 4.74 Å². The number of hydrogen-bond acceptors (Lipinski definition) is 4. The van der Waals surface area contributed by atoms with Gasteiger partial charge in [-0.3, -0.25) is 4.99 Å². The molecule has 1 aromatic heterocycles. The molecule has 2 N–H and O–H groups in total. The van der Waals surface area contributed by atoms with Gasteiger partial charge in [0.1, 0.15) is 12.1 Å². The monoisotopic (exact) mass is 316 g/mol. The number of benzene rings is 1. The van der Waals surface area contributed by atoms with Crippen LogP contribution in [0.4, 0.5) is 0 Å². The Morgan fingerprint density at radius 3 is 2.83 bits per heavy atom. The number of nitrogens with one attached hydrogen (secondary N) is 2. The number of aromatic nitrogens is 3. The Hall–Kier alpha value is -2.57. The number of guanidine groups is 1. The van der Waals surface area contributed by atoms with Gasteiger partial charge < -0.3 is 19.9 Å². The third-order valence-corrected chi connectivity index (χ3v) is 3.57. The SMILES string of the molecule is CN=C(NCCc1cc(C)ccc1OC)NCc1nncn1C. The van der Waals surface area contributed by atoms with E-state index in [0.29, 0.717) is 6.54 Å². The van der Waals surface area contributed by atoms with Gasteiger partial charge in [0.05, 0.1) is 13.7 Å². The van der Waals surface area contributed by atoms with Crippen LogP contribution in [-0.2, 0) is 20.0 Å². The average Bonchev–Trinajstić information content (AvgIpc) is 2.96. The predicted molar refractivity (Wildman–Crippen MR) is 90.6 cm³/mol. The molecular weight excluding hydrogens is 292 g/mol. The molecule has 0 aliphatic carbocycles. The minimum Gasteiger partial charge on any atom is -0.496 e. The van der Waals surface area contributed by atoms with E-state index in [0.717, 1.165) is 30.5 Å². The van der Waals surface area contributed by atoms with E-state index in [-0.39, 0.29) is 0 Å².